The standard InChI is InChI=1S/C15H25N3O4S.ClH/c1-10(2)17-23(20,21)14-8-12(6-7-13(14)22-5)15(19)18(4)11(3)9-16;/h6-8,10-11,17H,9,16H2,1-5H3;1H. The number of nitrogens with one attached hydrogen (secondary N) is 1. The van der Waals surface area contributed by atoms with E-state index < -0.39 is 10.0 Å². The van der Waals surface area contributed by atoms with Crippen molar-refractivity contribution in [1.82, 2.24) is 9.62 Å². The molecule has 1 unspecified atom stereocenters. The van der Waals surface area contributed by atoms with Crippen molar-refractivity contribution >= 4 is 28.3 Å². The number of ether oxygens (including phenoxy) is 1. The Morgan fingerprint density at radius 3 is 2.38 bits per heavy atom. The number of nitrogens with two attached hydrogens (primary N) is 1. The molecule has 1 rings (SSSR count). The summed E-state index contributed by atoms with van der Waals surface area (Å²) >= 11 is 0. The van der Waals surface area contributed by atoms with Crippen LogP contribution in [0.25, 0.3) is 0 Å². The summed E-state index contributed by atoms with van der Waals surface area (Å²) in [5.41, 5.74) is 5.83. The second kappa shape index (κ2) is 9.22. The Balaban J connectivity index is 0.00000529. The first-order chi connectivity index (χ1) is 10.6. The molecule has 1 aromatic rings. The van der Waals surface area contributed by atoms with Crippen molar-refractivity contribution in [2.45, 2.75) is 37.8 Å². The molecule has 1 amide bonds. The first-order valence-electron chi connectivity index (χ1n) is 7.31. The highest BCUT2D eigenvalue weighted by molar-refractivity contribution is 7.89. The van der Waals surface area contributed by atoms with Crippen LogP contribution >= 0.6 is 12.4 Å². The van der Waals surface area contributed by atoms with Gasteiger partial charge in [0.05, 0.1) is 7.11 Å². The SMILES string of the molecule is COc1ccc(C(=O)N(C)C(C)CN)cc1S(=O)(=O)NC(C)C.Cl. The quantitative estimate of drug-likeness (QED) is 0.741. The fraction of sp³-hybridized carbons (Fsp3) is 0.533. The van der Waals surface area contributed by atoms with Gasteiger partial charge in [0.25, 0.3) is 5.91 Å². The van der Waals surface area contributed by atoms with Crippen LogP contribution in [0.4, 0.5) is 0 Å². The van der Waals surface area contributed by atoms with Crippen LogP contribution in [-0.4, -0.2) is 52.0 Å². The molecule has 138 valence electrons. The minimum Gasteiger partial charge on any atom is -0.495 e. The lowest BCUT2D eigenvalue weighted by Crippen LogP contribution is -2.39. The predicted molar refractivity (Wildman–Crippen MR) is 96.3 cm³/mol. The van der Waals surface area contributed by atoms with Crippen LogP contribution in [0.15, 0.2) is 23.1 Å². The van der Waals surface area contributed by atoms with Gasteiger partial charge in [-0.1, -0.05) is 0 Å². The lowest BCUT2D eigenvalue weighted by molar-refractivity contribution is 0.0748. The number of carbonyl (C=O) groups excluding carboxylic acids is 1. The maximum absolute atomic E-state index is 12.5. The number of carbonyl (C=O) groups is 1. The second-order valence-corrected chi connectivity index (χ2v) is 7.32. The average molecular weight is 380 g/mol. The average Bonchev–Trinajstić information content (AvgIpc) is 2.50. The molecule has 3 N–H and O–H groups in total. The van der Waals surface area contributed by atoms with Gasteiger partial charge in [-0.3, -0.25) is 4.79 Å². The highest BCUT2D eigenvalue weighted by atomic mass is 35.5. The highest BCUT2D eigenvalue weighted by Gasteiger charge is 2.24. The van der Waals surface area contributed by atoms with E-state index in [1.165, 1.54) is 30.2 Å². The summed E-state index contributed by atoms with van der Waals surface area (Å²) < 4.78 is 32.4. The third-order valence-corrected chi connectivity index (χ3v) is 5.09. The van der Waals surface area contributed by atoms with Crippen molar-refractivity contribution in [1.29, 1.82) is 0 Å². The number of nitrogens with zero attached hydrogens (tertiary/aromatic N) is 1. The maximum Gasteiger partial charge on any atom is 0.253 e. The fourth-order valence-electron chi connectivity index (χ4n) is 1.96. The number of hydrogen-bond acceptors (Lipinski definition) is 5. The van der Waals surface area contributed by atoms with E-state index in [1.807, 2.05) is 6.92 Å². The predicted octanol–water partition coefficient (Wildman–Crippen LogP) is 1.22. The van der Waals surface area contributed by atoms with Gasteiger partial charge in [-0.05, 0) is 39.0 Å². The monoisotopic (exact) mass is 379 g/mol. The molecule has 1 atom stereocenters. The Morgan fingerprint density at radius 2 is 1.92 bits per heavy atom. The first-order valence-corrected chi connectivity index (χ1v) is 8.80. The molecule has 24 heavy (non-hydrogen) atoms. The molecular formula is C15H26ClN3O4S. The third-order valence-electron chi connectivity index (χ3n) is 3.41. The maximum atomic E-state index is 12.5. The van der Waals surface area contributed by atoms with Gasteiger partial charge in [-0.15, -0.1) is 12.4 Å². The number of benzene rings is 1. The van der Waals surface area contributed by atoms with Crippen LogP contribution in [0.5, 0.6) is 5.75 Å². The van der Waals surface area contributed by atoms with E-state index >= 15 is 0 Å². The normalized spacial score (nSPS) is 12.5. The topological polar surface area (TPSA) is 102 Å². The van der Waals surface area contributed by atoms with Gasteiger partial charge >= 0.3 is 0 Å². The molecule has 0 aliphatic heterocycles. The Bertz CT molecular complexity index is 665. The molecular weight excluding hydrogens is 354 g/mol. The van der Waals surface area contributed by atoms with Crippen molar-refractivity contribution in [2.24, 2.45) is 5.73 Å². The van der Waals surface area contributed by atoms with E-state index in [0.29, 0.717) is 6.54 Å². The molecule has 7 nitrogen and oxygen atoms in total. The molecule has 0 bridgehead atoms. The van der Waals surface area contributed by atoms with E-state index in [4.69, 9.17) is 10.5 Å². The zero-order chi connectivity index (χ0) is 17.8. The van der Waals surface area contributed by atoms with Crippen molar-refractivity contribution in [3.05, 3.63) is 23.8 Å². The molecule has 0 radical (unpaired) electrons. The van der Waals surface area contributed by atoms with Crippen LogP contribution in [0.3, 0.4) is 0 Å². The smallest absolute Gasteiger partial charge is 0.253 e. The van der Waals surface area contributed by atoms with E-state index in [0.717, 1.165) is 0 Å². The van der Waals surface area contributed by atoms with Crippen molar-refractivity contribution in [3.63, 3.8) is 0 Å². The summed E-state index contributed by atoms with van der Waals surface area (Å²) in [6.45, 7) is 5.57. The molecule has 0 fully saturated rings. The summed E-state index contributed by atoms with van der Waals surface area (Å²) in [6, 6.07) is 3.91. The Hall–Kier alpha value is -1.35. The van der Waals surface area contributed by atoms with E-state index in [-0.39, 0.29) is 46.6 Å². The minimum absolute atomic E-state index is 0. The second-order valence-electron chi connectivity index (χ2n) is 5.64. The zero-order valence-corrected chi connectivity index (χ0v) is 16.2. The summed E-state index contributed by atoms with van der Waals surface area (Å²) in [5.74, 6) is -0.115. The van der Waals surface area contributed by atoms with Crippen LogP contribution in [0, 0.1) is 0 Å². The Morgan fingerprint density at radius 1 is 1.33 bits per heavy atom. The zero-order valence-electron chi connectivity index (χ0n) is 14.6. The van der Waals surface area contributed by atoms with E-state index in [2.05, 4.69) is 4.72 Å². The highest BCUT2D eigenvalue weighted by Crippen LogP contribution is 2.25. The largest absolute Gasteiger partial charge is 0.495 e. The van der Waals surface area contributed by atoms with Crippen LogP contribution in [0.2, 0.25) is 0 Å². The third kappa shape index (κ3) is 5.34. The molecule has 1 aromatic carbocycles. The molecule has 0 aliphatic rings. The minimum atomic E-state index is -3.78. The number of halogens is 1. The van der Waals surface area contributed by atoms with E-state index in [1.54, 1.807) is 20.9 Å². The van der Waals surface area contributed by atoms with Crippen LogP contribution in [-0.2, 0) is 10.0 Å². The summed E-state index contributed by atoms with van der Waals surface area (Å²) in [6.07, 6.45) is 0. The van der Waals surface area contributed by atoms with E-state index in [9.17, 15) is 13.2 Å². The van der Waals surface area contributed by atoms with Crippen LogP contribution < -0.4 is 15.2 Å². The van der Waals surface area contributed by atoms with Crippen molar-refractivity contribution in [2.75, 3.05) is 20.7 Å². The molecule has 0 heterocycles. The lowest BCUT2D eigenvalue weighted by Gasteiger charge is -2.24. The molecule has 0 saturated carbocycles. The molecule has 0 aromatic heterocycles. The van der Waals surface area contributed by atoms with Gasteiger partial charge < -0.3 is 15.4 Å². The molecule has 9 heteroatoms. The van der Waals surface area contributed by atoms with Gasteiger partial charge in [0.1, 0.15) is 10.6 Å². The van der Waals surface area contributed by atoms with Gasteiger partial charge in [0.2, 0.25) is 10.0 Å². The number of methoxy groups -OCH3 is 1. The molecule has 0 aliphatic carbocycles. The summed E-state index contributed by atoms with van der Waals surface area (Å²) in [4.78, 5) is 13.9. The number of rotatable bonds is 7. The number of sulfonamides is 1. The number of hydrogen-bond donors (Lipinski definition) is 2. The summed E-state index contributed by atoms with van der Waals surface area (Å²) in [5, 5.41) is 0. The Labute approximate surface area is 150 Å². The lowest BCUT2D eigenvalue weighted by atomic mass is 10.1. The summed E-state index contributed by atoms with van der Waals surface area (Å²) in [7, 11) is -0.768. The first kappa shape index (κ1) is 22.6. The number of amides is 1. The fourth-order valence-corrected chi connectivity index (χ4v) is 3.40. The van der Waals surface area contributed by atoms with Gasteiger partial charge in [0, 0.05) is 31.2 Å². The Kier molecular flexibility index (Phi) is 8.70. The van der Waals surface area contributed by atoms with Gasteiger partial charge in [-0.25, -0.2) is 13.1 Å². The van der Waals surface area contributed by atoms with Gasteiger partial charge in [-0.2, -0.15) is 0 Å². The van der Waals surface area contributed by atoms with Gasteiger partial charge in [0.15, 0.2) is 0 Å². The molecule has 0 saturated heterocycles. The molecule has 0 spiro atoms. The van der Waals surface area contributed by atoms with Crippen LogP contribution in [0.1, 0.15) is 31.1 Å². The van der Waals surface area contributed by atoms with Crippen molar-refractivity contribution in [3.8, 4) is 5.75 Å². The van der Waals surface area contributed by atoms with Crippen molar-refractivity contribution < 1.29 is 17.9 Å². The number of likely N-dealkylation sites (N-methyl/N-ethyl adjacent to an activating group) is 1.